The molecule has 0 fully saturated rings. The molecule has 3 rings (SSSR count). The van der Waals surface area contributed by atoms with E-state index in [0.717, 1.165) is 20.8 Å². The molecule has 0 bridgehead atoms. The summed E-state index contributed by atoms with van der Waals surface area (Å²) in [6.07, 6.45) is 0. The number of ether oxygens (including phenoxy) is 1. The Morgan fingerprint density at radius 3 is 2.62 bits per heavy atom. The molecular formula is C18H17F2N3O2S. The number of urea groups is 1. The molecule has 1 heterocycles. The maximum Gasteiger partial charge on any atom is 0.387 e. The number of nitrogens with zero attached hydrogens (tertiary/aromatic N) is 1. The summed E-state index contributed by atoms with van der Waals surface area (Å²) in [5.41, 5.74) is 1.69. The highest BCUT2D eigenvalue weighted by molar-refractivity contribution is 7.18. The molecule has 2 N–H and O–H groups in total. The minimum atomic E-state index is -2.86. The van der Waals surface area contributed by atoms with Crippen molar-refractivity contribution in [1.29, 1.82) is 0 Å². The van der Waals surface area contributed by atoms with E-state index in [2.05, 4.69) is 20.4 Å². The van der Waals surface area contributed by atoms with E-state index >= 15 is 0 Å². The highest BCUT2D eigenvalue weighted by Gasteiger charge is 2.11. The Morgan fingerprint density at radius 2 is 1.92 bits per heavy atom. The number of aromatic nitrogens is 1. The summed E-state index contributed by atoms with van der Waals surface area (Å²) in [4.78, 5) is 16.5. The van der Waals surface area contributed by atoms with E-state index in [-0.39, 0.29) is 17.8 Å². The zero-order valence-corrected chi connectivity index (χ0v) is 14.7. The Labute approximate surface area is 153 Å². The zero-order chi connectivity index (χ0) is 18.5. The molecule has 8 heteroatoms. The van der Waals surface area contributed by atoms with Gasteiger partial charge in [-0.3, -0.25) is 0 Å². The van der Waals surface area contributed by atoms with Gasteiger partial charge in [-0.1, -0.05) is 24.3 Å². The molecule has 0 radical (unpaired) electrons. The number of rotatable bonds is 6. The van der Waals surface area contributed by atoms with Crippen molar-refractivity contribution in [3.8, 4) is 5.75 Å². The van der Waals surface area contributed by atoms with Gasteiger partial charge in [0.15, 0.2) is 0 Å². The molecule has 3 aromatic rings. The first-order valence-electron chi connectivity index (χ1n) is 7.95. The molecule has 0 aliphatic carbocycles. The summed E-state index contributed by atoms with van der Waals surface area (Å²) < 4.78 is 29.7. The normalized spacial score (nSPS) is 12.2. The van der Waals surface area contributed by atoms with Crippen LogP contribution in [0, 0.1) is 0 Å². The van der Waals surface area contributed by atoms with Gasteiger partial charge >= 0.3 is 12.6 Å². The van der Waals surface area contributed by atoms with Crippen molar-refractivity contribution >= 4 is 27.6 Å². The Kier molecular flexibility index (Phi) is 5.62. The first kappa shape index (κ1) is 18.1. The van der Waals surface area contributed by atoms with Crippen LogP contribution in [-0.4, -0.2) is 17.6 Å². The van der Waals surface area contributed by atoms with Gasteiger partial charge in [0.05, 0.1) is 22.8 Å². The first-order valence-corrected chi connectivity index (χ1v) is 8.76. The SMILES string of the molecule is CC(NC(=O)NCc1nc2ccccc2s1)c1ccc(OC(F)F)cc1. The standard InChI is InChI=1S/C18H17F2N3O2S/c1-11(12-6-8-13(9-7-12)25-17(19)20)22-18(24)21-10-16-23-14-4-2-3-5-15(14)26-16/h2-9,11,17H,10H2,1H3,(H2,21,22,24). The fourth-order valence-electron chi connectivity index (χ4n) is 2.42. The van der Waals surface area contributed by atoms with E-state index in [0.29, 0.717) is 6.54 Å². The van der Waals surface area contributed by atoms with Crippen LogP contribution in [0.15, 0.2) is 48.5 Å². The van der Waals surface area contributed by atoms with Crippen molar-refractivity contribution in [2.75, 3.05) is 0 Å². The van der Waals surface area contributed by atoms with Gasteiger partial charge in [-0.05, 0) is 36.8 Å². The van der Waals surface area contributed by atoms with E-state index < -0.39 is 6.61 Å². The molecule has 0 saturated heterocycles. The number of thiazole rings is 1. The third-order valence-electron chi connectivity index (χ3n) is 3.69. The number of halogens is 2. The predicted molar refractivity (Wildman–Crippen MR) is 96.5 cm³/mol. The molecule has 5 nitrogen and oxygen atoms in total. The average molecular weight is 377 g/mol. The van der Waals surface area contributed by atoms with Crippen LogP contribution in [0.5, 0.6) is 5.75 Å². The van der Waals surface area contributed by atoms with Crippen LogP contribution >= 0.6 is 11.3 Å². The lowest BCUT2D eigenvalue weighted by atomic mass is 10.1. The van der Waals surface area contributed by atoms with Gasteiger partial charge in [0.2, 0.25) is 0 Å². The number of benzene rings is 2. The first-order chi connectivity index (χ1) is 12.5. The largest absolute Gasteiger partial charge is 0.435 e. The number of fused-ring (bicyclic) bond motifs is 1. The summed E-state index contributed by atoms with van der Waals surface area (Å²) in [5, 5.41) is 6.39. The number of nitrogens with one attached hydrogen (secondary N) is 2. The van der Waals surface area contributed by atoms with Gasteiger partial charge in [-0.2, -0.15) is 8.78 Å². The van der Waals surface area contributed by atoms with Gasteiger partial charge in [0.1, 0.15) is 10.8 Å². The second kappa shape index (κ2) is 8.09. The molecule has 2 amide bonds. The third-order valence-corrected chi connectivity index (χ3v) is 4.73. The summed E-state index contributed by atoms with van der Waals surface area (Å²) in [6, 6.07) is 13.3. The molecule has 136 valence electrons. The quantitative estimate of drug-likeness (QED) is 0.667. The van der Waals surface area contributed by atoms with Crippen LogP contribution in [0.4, 0.5) is 13.6 Å². The predicted octanol–water partition coefficient (Wildman–Crippen LogP) is 4.46. The lowest BCUT2D eigenvalue weighted by Crippen LogP contribution is -2.36. The van der Waals surface area contributed by atoms with Gasteiger partial charge in [0, 0.05) is 0 Å². The molecule has 2 aromatic carbocycles. The van der Waals surface area contributed by atoms with Crippen LogP contribution in [0.3, 0.4) is 0 Å². The molecule has 0 spiro atoms. The van der Waals surface area contributed by atoms with Crippen molar-refractivity contribution in [2.45, 2.75) is 26.1 Å². The van der Waals surface area contributed by atoms with E-state index in [1.54, 1.807) is 19.1 Å². The van der Waals surface area contributed by atoms with Gasteiger partial charge in [-0.15, -0.1) is 11.3 Å². The molecule has 0 aliphatic heterocycles. The Morgan fingerprint density at radius 1 is 1.19 bits per heavy atom. The molecular weight excluding hydrogens is 360 g/mol. The van der Waals surface area contributed by atoms with Crippen LogP contribution < -0.4 is 15.4 Å². The summed E-state index contributed by atoms with van der Waals surface area (Å²) in [7, 11) is 0. The number of carbonyl (C=O) groups is 1. The average Bonchev–Trinajstić information content (AvgIpc) is 3.03. The number of alkyl halides is 2. The van der Waals surface area contributed by atoms with E-state index in [1.165, 1.54) is 23.5 Å². The lowest BCUT2D eigenvalue weighted by molar-refractivity contribution is -0.0498. The fourth-order valence-corrected chi connectivity index (χ4v) is 3.33. The Balaban J connectivity index is 1.52. The molecule has 1 unspecified atom stereocenters. The summed E-state index contributed by atoms with van der Waals surface area (Å²) in [6.45, 7) is -0.719. The maximum absolute atomic E-state index is 12.2. The molecule has 1 aromatic heterocycles. The van der Waals surface area contributed by atoms with Crippen LogP contribution in [0.2, 0.25) is 0 Å². The third kappa shape index (κ3) is 4.66. The van der Waals surface area contributed by atoms with Crippen molar-refractivity contribution < 1.29 is 18.3 Å². The zero-order valence-electron chi connectivity index (χ0n) is 13.9. The minimum Gasteiger partial charge on any atom is -0.435 e. The van der Waals surface area contributed by atoms with E-state index in [1.807, 2.05) is 24.3 Å². The molecule has 0 aliphatic rings. The Hall–Kier alpha value is -2.74. The van der Waals surface area contributed by atoms with Crippen molar-refractivity contribution in [1.82, 2.24) is 15.6 Å². The minimum absolute atomic E-state index is 0.0798. The second-order valence-electron chi connectivity index (χ2n) is 5.57. The van der Waals surface area contributed by atoms with Crippen LogP contribution in [0.25, 0.3) is 10.2 Å². The van der Waals surface area contributed by atoms with Crippen molar-refractivity contribution in [3.63, 3.8) is 0 Å². The Bertz CT molecular complexity index is 851. The highest BCUT2D eigenvalue weighted by Crippen LogP contribution is 2.21. The van der Waals surface area contributed by atoms with E-state index in [9.17, 15) is 13.6 Å². The maximum atomic E-state index is 12.2. The van der Waals surface area contributed by atoms with E-state index in [4.69, 9.17) is 0 Å². The topological polar surface area (TPSA) is 63.2 Å². The fraction of sp³-hybridized carbons (Fsp3) is 0.222. The molecule has 0 saturated carbocycles. The molecule has 1 atom stereocenters. The number of para-hydroxylation sites is 1. The number of carbonyl (C=O) groups excluding carboxylic acids is 1. The van der Waals surface area contributed by atoms with Gasteiger partial charge in [0.25, 0.3) is 0 Å². The summed E-state index contributed by atoms with van der Waals surface area (Å²) in [5.74, 6) is 0.0798. The monoisotopic (exact) mass is 377 g/mol. The number of hydrogen-bond acceptors (Lipinski definition) is 4. The number of hydrogen-bond donors (Lipinski definition) is 2. The molecule has 26 heavy (non-hydrogen) atoms. The lowest BCUT2D eigenvalue weighted by Gasteiger charge is -2.15. The van der Waals surface area contributed by atoms with Crippen LogP contribution in [-0.2, 0) is 6.54 Å². The van der Waals surface area contributed by atoms with Crippen molar-refractivity contribution in [3.05, 3.63) is 59.1 Å². The van der Waals surface area contributed by atoms with Crippen molar-refractivity contribution in [2.24, 2.45) is 0 Å². The van der Waals surface area contributed by atoms with Crippen LogP contribution in [0.1, 0.15) is 23.5 Å². The van der Waals surface area contributed by atoms with Gasteiger partial charge in [-0.25, -0.2) is 9.78 Å². The highest BCUT2D eigenvalue weighted by atomic mass is 32.1. The number of amides is 2. The van der Waals surface area contributed by atoms with Gasteiger partial charge < -0.3 is 15.4 Å². The second-order valence-corrected chi connectivity index (χ2v) is 6.69. The summed E-state index contributed by atoms with van der Waals surface area (Å²) >= 11 is 1.53. The smallest absolute Gasteiger partial charge is 0.387 e.